The Morgan fingerprint density at radius 1 is 1.16 bits per heavy atom. The van der Waals surface area contributed by atoms with Crippen LogP contribution in [0, 0.1) is 0 Å². The molecule has 188 valence electrons. The molecule has 3 aromatic heterocycles. The second-order valence-electron chi connectivity index (χ2n) is 8.47. The van der Waals surface area contributed by atoms with E-state index in [2.05, 4.69) is 30.4 Å². The van der Waals surface area contributed by atoms with Gasteiger partial charge in [0.2, 0.25) is 0 Å². The van der Waals surface area contributed by atoms with Gasteiger partial charge >= 0.3 is 6.18 Å². The average molecular weight is 527 g/mol. The molecule has 0 unspecified atom stereocenters. The van der Waals surface area contributed by atoms with E-state index in [0.29, 0.717) is 34.1 Å². The minimum atomic E-state index is -4.43. The van der Waals surface area contributed by atoms with Gasteiger partial charge in [0, 0.05) is 42.9 Å². The molecular formula is C25H18ClF3N6O2. The van der Waals surface area contributed by atoms with E-state index in [-0.39, 0.29) is 41.1 Å². The van der Waals surface area contributed by atoms with Crippen LogP contribution in [0.1, 0.15) is 52.3 Å². The van der Waals surface area contributed by atoms with Crippen molar-refractivity contribution in [1.82, 2.24) is 20.1 Å². The smallest absolute Gasteiger partial charge is 0.360 e. The fourth-order valence-corrected chi connectivity index (χ4v) is 4.13. The summed E-state index contributed by atoms with van der Waals surface area (Å²) < 4.78 is 44.5. The summed E-state index contributed by atoms with van der Waals surface area (Å²) in [6.07, 6.45) is 0.256. The van der Waals surface area contributed by atoms with E-state index in [4.69, 9.17) is 16.1 Å². The van der Waals surface area contributed by atoms with Crippen LogP contribution in [-0.2, 0) is 12.6 Å². The summed E-state index contributed by atoms with van der Waals surface area (Å²) in [5, 5.41) is 7.14. The Morgan fingerprint density at radius 2 is 1.95 bits per heavy atom. The van der Waals surface area contributed by atoms with Gasteiger partial charge in [-0.15, -0.1) is 0 Å². The molecule has 1 aromatic carbocycles. The van der Waals surface area contributed by atoms with E-state index in [1.54, 1.807) is 37.5 Å². The number of hydrogen-bond donors (Lipinski definition) is 1. The highest BCUT2D eigenvalue weighted by molar-refractivity contribution is 6.36. The number of aromatic nitrogens is 4. The van der Waals surface area contributed by atoms with Crippen molar-refractivity contribution in [3.05, 3.63) is 88.4 Å². The molecule has 0 saturated heterocycles. The number of halogens is 4. The van der Waals surface area contributed by atoms with Crippen molar-refractivity contribution >= 4 is 40.3 Å². The van der Waals surface area contributed by atoms with Gasteiger partial charge in [0.25, 0.3) is 0 Å². The fraction of sp³-hybridized carbons (Fsp3) is 0.200. The molecule has 8 nitrogen and oxygen atoms in total. The predicted octanol–water partition coefficient (Wildman–Crippen LogP) is 6.33. The first-order chi connectivity index (χ1) is 17.7. The molecule has 1 N–H and O–H groups in total. The van der Waals surface area contributed by atoms with E-state index < -0.39 is 11.7 Å². The average Bonchev–Trinajstić information content (AvgIpc) is 3.52. The number of rotatable bonds is 7. The summed E-state index contributed by atoms with van der Waals surface area (Å²) in [5.74, 6) is 0.0186. The van der Waals surface area contributed by atoms with Crippen LogP contribution < -0.4 is 5.32 Å². The van der Waals surface area contributed by atoms with Crippen molar-refractivity contribution in [2.45, 2.75) is 31.9 Å². The van der Waals surface area contributed by atoms with Gasteiger partial charge < -0.3 is 9.84 Å². The number of nitrogens with zero attached hydrogens (tertiary/aromatic N) is 5. The van der Waals surface area contributed by atoms with Crippen molar-refractivity contribution < 1.29 is 22.5 Å². The lowest BCUT2D eigenvalue weighted by molar-refractivity contribution is -0.137. The van der Waals surface area contributed by atoms with Crippen LogP contribution in [-0.4, -0.2) is 31.6 Å². The predicted molar refractivity (Wildman–Crippen MR) is 130 cm³/mol. The molecule has 0 fully saturated rings. The third-order valence-corrected chi connectivity index (χ3v) is 6.18. The number of hydrogen-bond acceptors (Lipinski definition) is 8. The first kappa shape index (κ1) is 24.6. The largest absolute Gasteiger partial charge is 0.416 e. The summed E-state index contributed by atoms with van der Waals surface area (Å²) in [6.45, 7) is 1.79. The standard InChI is InChI=1S/C25H18ClF3N6O2/c1-13(8-20(36)23-22(26)24(32-12-31-23)33-16-4-6-30-7-5-16)21-11-19(35-37-21)18-10-14-9-15(25(27,28)29)2-3-17(14)34-18/h2-7,9,11-13H,8,10H2,1H3,(H,30,31,32,33)/t13-/m1/s1. The monoisotopic (exact) mass is 526 g/mol. The number of benzene rings is 1. The van der Waals surface area contributed by atoms with E-state index in [0.717, 1.165) is 12.1 Å². The van der Waals surface area contributed by atoms with Gasteiger partial charge in [-0.3, -0.25) is 14.8 Å². The highest BCUT2D eigenvalue weighted by atomic mass is 35.5. The Hall–Kier alpha value is -4.12. The van der Waals surface area contributed by atoms with Crippen molar-refractivity contribution in [3.63, 3.8) is 0 Å². The van der Waals surface area contributed by atoms with Gasteiger partial charge in [-0.25, -0.2) is 9.97 Å². The lowest BCUT2D eigenvalue weighted by Gasteiger charge is -2.11. The molecule has 1 atom stereocenters. The molecule has 0 radical (unpaired) electrons. The first-order valence-electron chi connectivity index (χ1n) is 11.1. The number of ketones is 1. The number of carbonyl (C=O) groups is 1. The molecule has 0 saturated carbocycles. The van der Waals surface area contributed by atoms with Gasteiger partial charge in [0.15, 0.2) is 11.6 Å². The Kier molecular flexibility index (Phi) is 6.46. The summed E-state index contributed by atoms with van der Waals surface area (Å²) in [6, 6.07) is 8.54. The quantitative estimate of drug-likeness (QED) is 0.280. The Morgan fingerprint density at radius 3 is 2.70 bits per heavy atom. The number of Topliss-reactive ketones (excluding diaryl/α,β-unsaturated/α-hetero) is 1. The fourth-order valence-electron chi connectivity index (χ4n) is 3.88. The molecule has 4 heterocycles. The van der Waals surface area contributed by atoms with Crippen LogP contribution in [0.5, 0.6) is 0 Å². The Bertz CT molecular complexity index is 1500. The summed E-state index contributed by atoms with van der Waals surface area (Å²) in [5.41, 5.74) is 1.87. The Balaban J connectivity index is 1.27. The van der Waals surface area contributed by atoms with Gasteiger partial charge in [-0.2, -0.15) is 13.2 Å². The second kappa shape index (κ2) is 9.74. The van der Waals surface area contributed by atoms with Gasteiger partial charge in [0.1, 0.15) is 28.5 Å². The van der Waals surface area contributed by atoms with E-state index in [1.165, 1.54) is 12.4 Å². The molecule has 4 aromatic rings. The molecule has 0 aliphatic carbocycles. The van der Waals surface area contributed by atoms with Crippen LogP contribution in [0.3, 0.4) is 0 Å². The number of carbonyl (C=O) groups excluding carboxylic acids is 1. The molecule has 37 heavy (non-hydrogen) atoms. The minimum Gasteiger partial charge on any atom is -0.360 e. The van der Waals surface area contributed by atoms with Crippen molar-refractivity contribution in [1.29, 1.82) is 0 Å². The molecule has 0 amide bonds. The zero-order valence-electron chi connectivity index (χ0n) is 19.3. The lowest BCUT2D eigenvalue weighted by atomic mass is 9.99. The molecule has 0 bridgehead atoms. The van der Waals surface area contributed by atoms with Gasteiger partial charge in [0.05, 0.1) is 17.0 Å². The molecule has 1 aliphatic rings. The number of fused-ring (bicyclic) bond motifs is 1. The number of nitrogens with one attached hydrogen (secondary N) is 1. The second-order valence-corrected chi connectivity index (χ2v) is 8.84. The summed E-state index contributed by atoms with van der Waals surface area (Å²) >= 11 is 6.41. The number of alkyl halides is 3. The van der Waals surface area contributed by atoms with E-state index >= 15 is 0 Å². The van der Waals surface area contributed by atoms with Crippen LogP contribution >= 0.6 is 11.6 Å². The van der Waals surface area contributed by atoms with Crippen LogP contribution in [0.25, 0.3) is 0 Å². The number of aliphatic imine (C=N–C) groups is 1. The highest BCUT2D eigenvalue weighted by Crippen LogP contribution is 2.36. The van der Waals surface area contributed by atoms with Crippen LogP contribution in [0.2, 0.25) is 5.02 Å². The van der Waals surface area contributed by atoms with Crippen LogP contribution in [0.4, 0.5) is 30.4 Å². The molecule has 12 heteroatoms. The molecule has 1 aliphatic heterocycles. The maximum atomic E-state index is 13.0. The van der Waals surface area contributed by atoms with E-state index in [1.807, 2.05) is 0 Å². The van der Waals surface area contributed by atoms with Crippen molar-refractivity contribution in [3.8, 4) is 0 Å². The Labute approximate surface area is 213 Å². The zero-order chi connectivity index (χ0) is 26.2. The lowest BCUT2D eigenvalue weighted by Crippen LogP contribution is -2.09. The first-order valence-corrected chi connectivity index (χ1v) is 11.5. The van der Waals surface area contributed by atoms with Crippen molar-refractivity contribution in [2.24, 2.45) is 4.99 Å². The molecular weight excluding hydrogens is 509 g/mol. The van der Waals surface area contributed by atoms with Gasteiger partial charge in [-0.05, 0) is 35.9 Å². The molecule has 5 rings (SSSR count). The van der Waals surface area contributed by atoms with Gasteiger partial charge in [-0.1, -0.05) is 23.7 Å². The SMILES string of the molecule is C[C@H](CC(=O)c1ncnc(Nc2ccncc2)c1Cl)c1cc(C2=Nc3ccc(C(F)(F)F)cc3C2)no1. The van der Waals surface area contributed by atoms with E-state index in [9.17, 15) is 18.0 Å². The maximum Gasteiger partial charge on any atom is 0.416 e. The normalized spacial score (nSPS) is 13.7. The summed E-state index contributed by atoms with van der Waals surface area (Å²) in [7, 11) is 0. The van der Waals surface area contributed by atoms with Crippen LogP contribution in [0.15, 0.2) is 64.6 Å². The third kappa shape index (κ3) is 5.21. The molecule has 0 spiro atoms. The summed E-state index contributed by atoms with van der Waals surface area (Å²) in [4.78, 5) is 29.5. The topological polar surface area (TPSA) is 106 Å². The number of pyridine rings is 1. The zero-order valence-corrected chi connectivity index (χ0v) is 20.0. The minimum absolute atomic E-state index is 0.0295. The maximum absolute atomic E-state index is 13.0. The highest BCUT2D eigenvalue weighted by Gasteiger charge is 2.32. The third-order valence-electron chi connectivity index (χ3n) is 5.82. The van der Waals surface area contributed by atoms with Crippen molar-refractivity contribution in [2.75, 3.05) is 5.32 Å². The number of anilines is 2.